The number of hydrogen-bond donors (Lipinski definition) is 0. The van der Waals surface area contributed by atoms with Gasteiger partial charge < -0.3 is 0 Å². The van der Waals surface area contributed by atoms with Gasteiger partial charge in [0.05, 0.1) is 0 Å². The van der Waals surface area contributed by atoms with Gasteiger partial charge in [0.15, 0.2) is 4.33 Å². The number of halogens is 2. The van der Waals surface area contributed by atoms with E-state index in [1.165, 1.54) is 0 Å². The largest absolute Gasteiger partial charge is 0.168 e. The molecule has 0 saturated heterocycles. The molecule has 0 atom stereocenters. The minimum Gasteiger partial charge on any atom is -0.0909 e. The molecule has 2 aliphatic carbocycles. The second-order valence-corrected chi connectivity index (χ2v) is 4.25. The fraction of sp³-hybridized carbons (Fsp3) is 0.0909. The van der Waals surface area contributed by atoms with Gasteiger partial charge in [0.25, 0.3) is 0 Å². The molecule has 0 radical (unpaired) electrons. The zero-order chi connectivity index (χ0) is 9.31. The smallest absolute Gasteiger partial charge is 0.0909 e. The van der Waals surface area contributed by atoms with E-state index in [4.69, 9.17) is 23.2 Å². The van der Waals surface area contributed by atoms with Gasteiger partial charge in [-0.15, -0.1) is 0 Å². The lowest BCUT2D eigenvalue weighted by molar-refractivity contribution is 1.13. The Hall–Kier alpha value is -0.720. The predicted octanol–water partition coefficient (Wildman–Crippen LogP) is 3.71. The molecule has 2 aliphatic rings. The van der Waals surface area contributed by atoms with Gasteiger partial charge in [-0.2, -0.15) is 0 Å². The zero-order valence-corrected chi connectivity index (χ0v) is 8.39. The average molecular weight is 211 g/mol. The maximum Gasteiger partial charge on any atom is 0.168 e. The van der Waals surface area contributed by atoms with Crippen LogP contribution in [0.1, 0.15) is 0 Å². The van der Waals surface area contributed by atoms with E-state index < -0.39 is 4.33 Å². The summed E-state index contributed by atoms with van der Waals surface area (Å²) in [5.41, 5.74) is 1.81. The summed E-state index contributed by atoms with van der Waals surface area (Å²) in [6.07, 6.45) is 15.4. The Bertz CT molecular complexity index is 332. The first-order chi connectivity index (χ1) is 6.21. The number of fused-ring (bicyclic) bond motifs is 2. The van der Waals surface area contributed by atoms with E-state index in [0.29, 0.717) is 0 Å². The maximum absolute atomic E-state index is 6.24. The van der Waals surface area contributed by atoms with Gasteiger partial charge in [-0.1, -0.05) is 71.8 Å². The third-order valence-corrected chi connectivity index (χ3v) is 2.92. The summed E-state index contributed by atoms with van der Waals surface area (Å²) >= 11 is 12.5. The molecule has 0 heterocycles. The van der Waals surface area contributed by atoms with Crippen LogP contribution in [-0.4, -0.2) is 4.33 Å². The number of hydrogen-bond acceptors (Lipinski definition) is 0. The van der Waals surface area contributed by atoms with E-state index in [1.54, 1.807) is 0 Å². The van der Waals surface area contributed by atoms with Crippen molar-refractivity contribution in [1.29, 1.82) is 0 Å². The lowest BCUT2D eigenvalue weighted by Gasteiger charge is -2.20. The minimum absolute atomic E-state index is 0.904. The van der Waals surface area contributed by atoms with Gasteiger partial charge >= 0.3 is 0 Å². The summed E-state index contributed by atoms with van der Waals surface area (Å²) in [5.74, 6) is 0. The van der Waals surface area contributed by atoms with Gasteiger partial charge in [-0.3, -0.25) is 0 Å². The fourth-order valence-corrected chi connectivity index (χ4v) is 1.84. The van der Waals surface area contributed by atoms with Crippen LogP contribution in [0.3, 0.4) is 0 Å². The molecule has 2 heteroatoms. The maximum atomic E-state index is 6.24. The van der Waals surface area contributed by atoms with Crippen LogP contribution < -0.4 is 0 Å². The van der Waals surface area contributed by atoms with Crippen molar-refractivity contribution in [3.63, 3.8) is 0 Å². The second-order valence-electron chi connectivity index (χ2n) is 2.92. The molecule has 0 N–H and O–H groups in total. The molecule has 0 aromatic rings. The van der Waals surface area contributed by atoms with Gasteiger partial charge in [0.1, 0.15) is 0 Å². The Balaban J connectivity index is 2.63. The van der Waals surface area contributed by atoms with Crippen molar-refractivity contribution >= 4 is 23.2 Å². The molecule has 2 rings (SSSR count). The summed E-state index contributed by atoms with van der Waals surface area (Å²) in [6, 6.07) is 0. The number of alkyl halides is 2. The summed E-state index contributed by atoms with van der Waals surface area (Å²) < 4.78 is -0.910. The molecule has 0 nitrogen and oxygen atoms in total. The zero-order valence-electron chi connectivity index (χ0n) is 6.87. The van der Waals surface area contributed by atoms with Crippen molar-refractivity contribution < 1.29 is 0 Å². The quantitative estimate of drug-likeness (QED) is 0.536. The van der Waals surface area contributed by atoms with E-state index >= 15 is 0 Å². The molecular weight excluding hydrogens is 203 g/mol. The SMILES string of the molecule is ClC1(Cl)C2=CC=CC=C1C=CC=C2. The minimum atomic E-state index is -0.910. The first kappa shape index (κ1) is 8.86. The fourth-order valence-electron chi connectivity index (χ4n) is 1.33. The first-order valence-corrected chi connectivity index (χ1v) is 4.79. The van der Waals surface area contributed by atoms with Crippen molar-refractivity contribution in [3.8, 4) is 0 Å². The topological polar surface area (TPSA) is 0 Å². The van der Waals surface area contributed by atoms with Crippen LogP contribution in [-0.2, 0) is 0 Å². The Morgan fingerprint density at radius 1 is 0.769 bits per heavy atom. The van der Waals surface area contributed by atoms with Crippen LogP contribution in [0.5, 0.6) is 0 Å². The van der Waals surface area contributed by atoms with Crippen LogP contribution in [0.25, 0.3) is 0 Å². The van der Waals surface area contributed by atoms with E-state index in [2.05, 4.69) is 0 Å². The average Bonchev–Trinajstić information content (AvgIpc) is 2.32. The van der Waals surface area contributed by atoms with E-state index in [-0.39, 0.29) is 0 Å². The van der Waals surface area contributed by atoms with E-state index in [0.717, 1.165) is 11.1 Å². The monoisotopic (exact) mass is 210 g/mol. The van der Waals surface area contributed by atoms with Crippen molar-refractivity contribution in [1.82, 2.24) is 0 Å². The third-order valence-electron chi connectivity index (χ3n) is 2.05. The molecule has 0 unspecified atom stereocenters. The molecular formula is C11H8Cl2. The highest BCUT2D eigenvalue weighted by Gasteiger charge is 2.31. The normalized spacial score (nSPS) is 23.2. The van der Waals surface area contributed by atoms with Crippen molar-refractivity contribution in [2.24, 2.45) is 0 Å². The van der Waals surface area contributed by atoms with Gasteiger partial charge in [-0.05, 0) is 11.1 Å². The van der Waals surface area contributed by atoms with Crippen molar-refractivity contribution in [2.45, 2.75) is 4.33 Å². The van der Waals surface area contributed by atoms with Crippen LogP contribution >= 0.6 is 23.2 Å². The highest BCUT2D eigenvalue weighted by atomic mass is 35.5. The summed E-state index contributed by atoms with van der Waals surface area (Å²) in [4.78, 5) is 0. The molecule has 0 amide bonds. The molecule has 0 aromatic heterocycles. The van der Waals surface area contributed by atoms with Gasteiger partial charge in [-0.25, -0.2) is 0 Å². The summed E-state index contributed by atoms with van der Waals surface area (Å²) in [5, 5.41) is 0. The number of rotatable bonds is 0. The van der Waals surface area contributed by atoms with Crippen LogP contribution in [0.2, 0.25) is 0 Å². The van der Waals surface area contributed by atoms with E-state index in [1.807, 2.05) is 48.6 Å². The van der Waals surface area contributed by atoms with Gasteiger partial charge in [0.2, 0.25) is 0 Å². The molecule has 0 saturated carbocycles. The van der Waals surface area contributed by atoms with Crippen LogP contribution in [0, 0.1) is 0 Å². The summed E-state index contributed by atoms with van der Waals surface area (Å²) in [7, 11) is 0. The molecule has 0 aliphatic heterocycles. The van der Waals surface area contributed by atoms with E-state index in [9.17, 15) is 0 Å². The second kappa shape index (κ2) is 3.21. The molecule has 13 heavy (non-hydrogen) atoms. The molecule has 0 aromatic carbocycles. The summed E-state index contributed by atoms with van der Waals surface area (Å²) in [6.45, 7) is 0. The molecule has 0 spiro atoms. The molecule has 0 fully saturated rings. The van der Waals surface area contributed by atoms with Crippen molar-refractivity contribution in [2.75, 3.05) is 0 Å². The molecule has 66 valence electrons. The Labute approximate surface area is 87.5 Å². The van der Waals surface area contributed by atoms with Gasteiger partial charge in [0, 0.05) is 0 Å². The number of allylic oxidation sites excluding steroid dienone is 10. The van der Waals surface area contributed by atoms with Crippen LogP contribution in [0.4, 0.5) is 0 Å². The third kappa shape index (κ3) is 1.52. The standard InChI is InChI=1S/C11H8Cl2/c12-11(13)9-5-1-2-6-10(11)8-4-3-7-9/h1-8H. The Morgan fingerprint density at radius 2 is 1.23 bits per heavy atom. The predicted molar refractivity (Wildman–Crippen MR) is 58.0 cm³/mol. The first-order valence-electron chi connectivity index (χ1n) is 4.03. The Kier molecular flexibility index (Phi) is 2.19. The molecule has 2 bridgehead atoms. The lowest BCUT2D eigenvalue weighted by atomic mass is 10.1. The lowest BCUT2D eigenvalue weighted by Crippen LogP contribution is -2.16. The highest BCUT2D eigenvalue weighted by Crippen LogP contribution is 2.41. The Morgan fingerprint density at radius 3 is 1.69 bits per heavy atom. The van der Waals surface area contributed by atoms with Crippen molar-refractivity contribution in [3.05, 3.63) is 59.8 Å². The highest BCUT2D eigenvalue weighted by molar-refractivity contribution is 6.53. The van der Waals surface area contributed by atoms with Crippen LogP contribution in [0.15, 0.2) is 59.8 Å².